The Morgan fingerprint density at radius 1 is 1.33 bits per heavy atom. The minimum absolute atomic E-state index is 0.0640. The first kappa shape index (κ1) is 17.9. The summed E-state index contributed by atoms with van der Waals surface area (Å²) in [4.78, 5) is 12.1. The number of halogens is 1. The standard InChI is InChI=1S/C14H20ClNO4S/c1-3-11-6-7-12(21(15,18)19)10-13(11)14(17)16-8-4-5-9-20-2/h6-7,10H,3-5,8-9H2,1-2H3,(H,16,17). The molecule has 1 rings (SSSR count). The molecule has 0 bridgehead atoms. The number of ether oxygens (including phenoxy) is 1. The van der Waals surface area contributed by atoms with E-state index in [1.54, 1.807) is 13.2 Å². The van der Waals surface area contributed by atoms with E-state index >= 15 is 0 Å². The highest BCUT2D eigenvalue weighted by molar-refractivity contribution is 8.13. The van der Waals surface area contributed by atoms with E-state index in [1.165, 1.54) is 12.1 Å². The van der Waals surface area contributed by atoms with Gasteiger partial charge in [0.05, 0.1) is 4.90 Å². The van der Waals surface area contributed by atoms with Crippen LogP contribution in [0, 0.1) is 0 Å². The van der Waals surface area contributed by atoms with Crippen molar-refractivity contribution >= 4 is 25.6 Å². The van der Waals surface area contributed by atoms with Crippen LogP contribution < -0.4 is 5.32 Å². The smallest absolute Gasteiger partial charge is 0.261 e. The summed E-state index contributed by atoms with van der Waals surface area (Å²) >= 11 is 0. The molecule has 0 aromatic heterocycles. The number of hydrogen-bond acceptors (Lipinski definition) is 4. The maximum Gasteiger partial charge on any atom is 0.261 e. The maximum atomic E-state index is 12.2. The lowest BCUT2D eigenvalue weighted by Gasteiger charge is -2.10. The Balaban J connectivity index is 2.82. The van der Waals surface area contributed by atoms with Crippen molar-refractivity contribution in [1.29, 1.82) is 0 Å². The lowest BCUT2D eigenvalue weighted by Crippen LogP contribution is -2.26. The van der Waals surface area contributed by atoms with Gasteiger partial charge in [0.1, 0.15) is 0 Å². The van der Waals surface area contributed by atoms with Gasteiger partial charge in [0.2, 0.25) is 0 Å². The molecule has 1 N–H and O–H groups in total. The van der Waals surface area contributed by atoms with Gasteiger partial charge in [-0.05, 0) is 37.0 Å². The molecule has 0 atom stereocenters. The van der Waals surface area contributed by atoms with Crippen LogP contribution in [0.15, 0.2) is 23.1 Å². The zero-order chi connectivity index (χ0) is 15.9. The van der Waals surface area contributed by atoms with Crippen molar-refractivity contribution in [3.63, 3.8) is 0 Å². The van der Waals surface area contributed by atoms with Gasteiger partial charge in [0.25, 0.3) is 15.0 Å². The number of nitrogens with one attached hydrogen (secondary N) is 1. The molecule has 5 nitrogen and oxygen atoms in total. The van der Waals surface area contributed by atoms with Crippen LogP contribution in [0.5, 0.6) is 0 Å². The van der Waals surface area contributed by atoms with E-state index in [4.69, 9.17) is 15.4 Å². The predicted molar refractivity (Wildman–Crippen MR) is 82.3 cm³/mol. The van der Waals surface area contributed by atoms with Crippen LogP contribution >= 0.6 is 10.7 Å². The topological polar surface area (TPSA) is 72.5 Å². The summed E-state index contributed by atoms with van der Waals surface area (Å²) in [6, 6.07) is 4.36. The Hall–Kier alpha value is -1.11. The van der Waals surface area contributed by atoms with Crippen LogP contribution in [-0.2, 0) is 20.2 Å². The number of rotatable bonds is 8. The molecule has 0 aliphatic heterocycles. The van der Waals surface area contributed by atoms with Crippen molar-refractivity contribution in [1.82, 2.24) is 5.32 Å². The van der Waals surface area contributed by atoms with E-state index in [-0.39, 0.29) is 10.8 Å². The molecular formula is C14H20ClNO4S. The van der Waals surface area contributed by atoms with Gasteiger partial charge in [0, 0.05) is 36.5 Å². The molecule has 0 heterocycles. The summed E-state index contributed by atoms with van der Waals surface area (Å²) in [7, 11) is 3.11. The molecule has 0 spiro atoms. The fraction of sp³-hybridized carbons (Fsp3) is 0.500. The molecule has 21 heavy (non-hydrogen) atoms. The number of carbonyl (C=O) groups excluding carboxylic acids is 1. The second-order valence-electron chi connectivity index (χ2n) is 4.57. The molecule has 1 aromatic rings. The average Bonchev–Trinajstić information content (AvgIpc) is 2.45. The zero-order valence-electron chi connectivity index (χ0n) is 12.2. The molecule has 0 saturated carbocycles. The summed E-state index contributed by atoms with van der Waals surface area (Å²) in [6.45, 7) is 3.07. The first-order valence-electron chi connectivity index (χ1n) is 6.75. The van der Waals surface area contributed by atoms with Crippen LogP contribution in [0.2, 0.25) is 0 Å². The number of methoxy groups -OCH3 is 1. The summed E-state index contributed by atoms with van der Waals surface area (Å²) in [5.74, 6) is -0.286. The van der Waals surface area contributed by atoms with Gasteiger partial charge in [-0.25, -0.2) is 8.42 Å². The van der Waals surface area contributed by atoms with Crippen molar-refractivity contribution < 1.29 is 17.9 Å². The van der Waals surface area contributed by atoms with Crippen molar-refractivity contribution in [2.75, 3.05) is 20.3 Å². The first-order valence-corrected chi connectivity index (χ1v) is 9.05. The molecule has 0 fully saturated rings. The fourth-order valence-electron chi connectivity index (χ4n) is 1.90. The molecule has 7 heteroatoms. The predicted octanol–water partition coefficient (Wildman–Crippen LogP) is 2.33. The fourth-order valence-corrected chi connectivity index (χ4v) is 2.67. The van der Waals surface area contributed by atoms with Crippen molar-refractivity contribution in [3.8, 4) is 0 Å². The normalized spacial score (nSPS) is 11.4. The van der Waals surface area contributed by atoms with E-state index in [0.717, 1.165) is 18.4 Å². The number of unbranched alkanes of at least 4 members (excludes halogenated alkanes) is 1. The van der Waals surface area contributed by atoms with E-state index in [1.807, 2.05) is 6.92 Å². The van der Waals surface area contributed by atoms with Gasteiger partial charge in [-0.2, -0.15) is 0 Å². The van der Waals surface area contributed by atoms with Gasteiger partial charge < -0.3 is 10.1 Å². The third-order valence-electron chi connectivity index (χ3n) is 3.05. The number of benzene rings is 1. The summed E-state index contributed by atoms with van der Waals surface area (Å²) in [5, 5.41) is 2.78. The maximum absolute atomic E-state index is 12.2. The largest absolute Gasteiger partial charge is 0.385 e. The summed E-state index contributed by atoms with van der Waals surface area (Å²) in [6.07, 6.45) is 2.29. The SMILES string of the molecule is CCc1ccc(S(=O)(=O)Cl)cc1C(=O)NCCCCOC. The van der Waals surface area contributed by atoms with Crippen LogP contribution in [0.3, 0.4) is 0 Å². The van der Waals surface area contributed by atoms with E-state index in [2.05, 4.69) is 5.32 Å². The Labute approximate surface area is 130 Å². The monoisotopic (exact) mass is 333 g/mol. The highest BCUT2D eigenvalue weighted by Gasteiger charge is 2.16. The number of carbonyl (C=O) groups is 1. The van der Waals surface area contributed by atoms with Gasteiger partial charge in [-0.1, -0.05) is 13.0 Å². The van der Waals surface area contributed by atoms with Gasteiger partial charge >= 0.3 is 0 Å². The highest BCUT2D eigenvalue weighted by atomic mass is 35.7. The van der Waals surface area contributed by atoms with E-state index in [9.17, 15) is 13.2 Å². The Kier molecular flexibility index (Phi) is 7.14. The molecule has 118 valence electrons. The third-order valence-corrected chi connectivity index (χ3v) is 4.40. The number of hydrogen-bond donors (Lipinski definition) is 1. The van der Waals surface area contributed by atoms with E-state index < -0.39 is 9.05 Å². The lowest BCUT2D eigenvalue weighted by molar-refractivity contribution is 0.0950. The Morgan fingerprint density at radius 3 is 2.62 bits per heavy atom. The highest BCUT2D eigenvalue weighted by Crippen LogP contribution is 2.20. The van der Waals surface area contributed by atoms with E-state index in [0.29, 0.717) is 25.1 Å². The molecule has 0 radical (unpaired) electrons. The van der Waals surface area contributed by atoms with Gasteiger partial charge in [-0.15, -0.1) is 0 Å². The molecule has 0 unspecified atom stereocenters. The summed E-state index contributed by atoms with van der Waals surface area (Å²) in [5.41, 5.74) is 1.14. The van der Waals surface area contributed by atoms with Gasteiger partial charge in [0.15, 0.2) is 0 Å². The van der Waals surface area contributed by atoms with Gasteiger partial charge in [-0.3, -0.25) is 4.79 Å². The first-order chi connectivity index (χ1) is 9.90. The summed E-state index contributed by atoms with van der Waals surface area (Å²) < 4.78 is 27.6. The Morgan fingerprint density at radius 2 is 2.05 bits per heavy atom. The molecule has 0 aliphatic carbocycles. The minimum atomic E-state index is -3.84. The van der Waals surface area contributed by atoms with Crippen molar-refractivity contribution in [3.05, 3.63) is 29.3 Å². The molecule has 1 amide bonds. The minimum Gasteiger partial charge on any atom is -0.385 e. The van der Waals surface area contributed by atoms with Crippen LogP contribution in [0.1, 0.15) is 35.7 Å². The van der Waals surface area contributed by atoms with Crippen LogP contribution in [-0.4, -0.2) is 34.6 Å². The average molecular weight is 334 g/mol. The Bertz CT molecular complexity index is 587. The van der Waals surface area contributed by atoms with Crippen molar-refractivity contribution in [2.45, 2.75) is 31.1 Å². The molecular weight excluding hydrogens is 314 g/mol. The lowest BCUT2D eigenvalue weighted by atomic mass is 10.0. The quantitative estimate of drug-likeness (QED) is 0.585. The van der Waals surface area contributed by atoms with Crippen LogP contribution in [0.4, 0.5) is 0 Å². The van der Waals surface area contributed by atoms with Crippen LogP contribution in [0.25, 0.3) is 0 Å². The van der Waals surface area contributed by atoms with Crippen molar-refractivity contribution in [2.24, 2.45) is 0 Å². The zero-order valence-corrected chi connectivity index (χ0v) is 13.8. The molecule has 1 aromatic carbocycles. The second-order valence-corrected chi connectivity index (χ2v) is 7.13. The molecule has 0 aliphatic rings. The second kappa shape index (κ2) is 8.36. The molecule has 0 saturated heterocycles. The number of aryl methyl sites for hydroxylation is 1. The third kappa shape index (κ3) is 5.65. The number of amides is 1.